The summed E-state index contributed by atoms with van der Waals surface area (Å²) in [5.74, 6) is 2.28. The van der Waals surface area contributed by atoms with Crippen molar-refractivity contribution in [2.75, 3.05) is 26.4 Å². The summed E-state index contributed by atoms with van der Waals surface area (Å²) in [4.78, 5) is 28.3. The van der Waals surface area contributed by atoms with E-state index in [0.29, 0.717) is 55.3 Å². The first-order chi connectivity index (χ1) is 19.2. The van der Waals surface area contributed by atoms with Gasteiger partial charge in [0.05, 0.1) is 36.9 Å². The predicted molar refractivity (Wildman–Crippen MR) is 158 cm³/mol. The molecule has 1 heterocycles. The Morgan fingerprint density at radius 3 is 2.17 bits per heavy atom. The van der Waals surface area contributed by atoms with Crippen LogP contribution in [-0.4, -0.2) is 46.9 Å². The van der Waals surface area contributed by atoms with Crippen LogP contribution in [0.3, 0.4) is 0 Å². The highest BCUT2D eigenvalue weighted by Gasteiger charge is 2.23. The number of benzene rings is 3. The Morgan fingerprint density at radius 2 is 1.52 bits per heavy atom. The zero-order valence-corrected chi connectivity index (χ0v) is 23.8. The lowest BCUT2D eigenvalue weighted by atomic mass is 10.0. The molecule has 40 heavy (non-hydrogen) atoms. The molecule has 0 unspecified atom stereocenters. The molecular weight excluding hydrogens is 506 g/mol. The first-order valence-corrected chi connectivity index (χ1v) is 14.0. The summed E-state index contributed by atoms with van der Waals surface area (Å²) in [7, 11) is 0. The van der Waals surface area contributed by atoms with Crippen LogP contribution in [0.25, 0.3) is 10.8 Å². The molecule has 8 heteroatoms. The quantitative estimate of drug-likeness (QED) is 0.122. The second kappa shape index (κ2) is 13.3. The number of nitro benzene ring substituents is 1. The maximum atomic E-state index is 13.8. The average molecular weight is 546 g/mol. The molecule has 0 spiro atoms. The molecule has 0 fully saturated rings. The van der Waals surface area contributed by atoms with Crippen molar-refractivity contribution in [2.45, 2.75) is 47.1 Å². The fourth-order valence-corrected chi connectivity index (χ4v) is 4.55. The van der Waals surface area contributed by atoms with Crippen LogP contribution < -0.4 is 9.47 Å². The number of fused-ring (bicyclic) bond motifs is 1. The van der Waals surface area contributed by atoms with E-state index in [1.807, 2.05) is 47.6 Å². The standard InChI is InChI=1S/C32H39N3O5/c1-23(2)13-17-39-31-19-29(32(40-18-14-24(3)4)28-8-6-5-7-27(28)31)30(36)21-34-16-15-33(22-34)20-25-9-11-26(12-10-25)35(37)38/h5-12,15-16,19,23-24H,13-14,17-18,20-22H2,1-4H3. The van der Waals surface area contributed by atoms with Gasteiger partial charge < -0.3 is 19.3 Å². The summed E-state index contributed by atoms with van der Waals surface area (Å²) in [6, 6.07) is 16.3. The van der Waals surface area contributed by atoms with E-state index in [1.165, 1.54) is 12.1 Å². The molecule has 1 aliphatic rings. The molecule has 212 valence electrons. The van der Waals surface area contributed by atoms with Gasteiger partial charge in [-0.15, -0.1) is 0 Å². The molecule has 0 atom stereocenters. The minimum atomic E-state index is -0.402. The summed E-state index contributed by atoms with van der Waals surface area (Å²) in [6.45, 7) is 11.1. The highest BCUT2D eigenvalue weighted by molar-refractivity contribution is 6.07. The Kier molecular flexibility index (Phi) is 9.64. The van der Waals surface area contributed by atoms with E-state index in [4.69, 9.17) is 9.47 Å². The Morgan fingerprint density at radius 1 is 0.900 bits per heavy atom. The van der Waals surface area contributed by atoms with Gasteiger partial charge in [-0.05, 0) is 36.3 Å². The van der Waals surface area contributed by atoms with Crippen molar-refractivity contribution < 1.29 is 19.2 Å². The van der Waals surface area contributed by atoms with Gasteiger partial charge in [0.1, 0.15) is 11.5 Å². The normalized spacial score (nSPS) is 13.1. The summed E-state index contributed by atoms with van der Waals surface area (Å²) in [6.07, 6.45) is 5.66. The van der Waals surface area contributed by atoms with Gasteiger partial charge in [-0.25, -0.2) is 0 Å². The Labute approximate surface area is 236 Å². The number of hydrogen-bond donors (Lipinski definition) is 0. The van der Waals surface area contributed by atoms with E-state index < -0.39 is 4.92 Å². The van der Waals surface area contributed by atoms with Crippen LogP contribution in [0.5, 0.6) is 11.5 Å². The zero-order valence-electron chi connectivity index (χ0n) is 23.8. The minimum Gasteiger partial charge on any atom is -0.493 e. The van der Waals surface area contributed by atoms with Crippen LogP contribution in [0, 0.1) is 22.0 Å². The van der Waals surface area contributed by atoms with E-state index in [0.717, 1.165) is 29.2 Å². The van der Waals surface area contributed by atoms with Crippen LogP contribution in [-0.2, 0) is 6.54 Å². The fraction of sp³-hybridized carbons (Fsp3) is 0.406. The number of nitrogens with zero attached hydrogens (tertiary/aromatic N) is 3. The van der Waals surface area contributed by atoms with Crippen molar-refractivity contribution in [3.05, 3.63) is 88.2 Å². The van der Waals surface area contributed by atoms with Crippen molar-refractivity contribution >= 4 is 22.2 Å². The average Bonchev–Trinajstić information content (AvgIpc) is 3.35. The van der Waals surface area contributed by atoms with Gasteiger partial charge >= 0.3 is 0 Å². The Bertz CT molecular complexity index is 1350. The van der Waals surface area contributed by atoms with Crippen LogP contribution in [0.4, 0.5) is 5.69 Å². The second-order valence-electron chi connectivity index (χ2n) is 11.1. The second-order valence-corrected chi connectivity index (χ2v) is 11.1. The lowest BCUT2D eigenvalue weighted by Gasteiger charge is -2.22. The topological polar surface area (TPSA) is 85.2 Å². The third-order valence-electron chi connectivity index (χ3n) is 6.88. The van der Waals surface area contributed by atoms with E-state index in [-0.39, 0.29) is 18.0 Å². The van der Waals surface area contributed by atoms with Crippen molar-refractivity contribution in [1.29, 1.82) is 0 Å². The van der Waals surface area contributed by atoms with Crippen molar-refractivity contribution in [3.63, 3.8) is 0 Å². The summed E-state index contributed by atoms with van der Waals surface area (Å²) in [5, 5.41) is 12.8. The molecule has 0 aliphatic carbocycles. The van der Waals surface area contributed by atoms with Gasteiger partial charge in [0, 0.05) is 41.8 Å². The molecule has 4 rings (SSSR count). The highest BCUT2D eigenvalue weighted by atomic mass is 16.6. The van der Waals surface area contributed by atoms with Gasteiger partial charge in [0.15, 0.2) is 5.78 Å². The molecule has 3 aromatic carbocycles. The van der Waals surface area contributed by atoms with Gasteiger partial charge in [-0.1, -0.05) is 64.1 Å². The van der Waals surface area contributed by atoms with Crippen LogP contribution in [0.2, 0.25) is 0 Å². The fourth-order valence-electron chi connectivity index (χ4n) is 4.55. The number of Topliss-reactive ketones (excluding diaryl/α,β-unsaturated/α-hetero) is 1. The lowest BCUT2D eigenvalue weighted by Crippen LogP contribution is -2.29. The van der Waals surface area contributed by atoms with Crippen molar-refractivity contribution in [3.8, 4) is 11.5 Å². The third-order valence-corrected chi connectivity index (χ3v) is 6.88. The van der Waals surface area contributed by atoms with Crippen LogP contribution >= 0.6 is 0 Å². The number of carbonyl (C=O) groups excluding carboxylic acids is 1. The summed E-state index contributed by atoms with van der Waals surface area (Å²) < 4.78 is 12.5. The maximum absolute atomic E-state index is 13.8. The molecule has 8 nitrogen and oxygen atoms in total. The summed E-state index contributed by atoms with van der Waals surface area (Å²) >= 11 is 0. The van der Waals surface area contributed by atoms with Crippen molar-refractivity contribution in [2.24, 2.45) is 11.8 Å². The molecule has 0 bridgehead atoms. The largest absolute Gasteiger partial charge is 0.493 e. The lowest BCUT2D eigenvalue weighted by molar-refractivity contribution is -0.384. The molecule has 0 radical (unpaired) electrons. The first kappa shape index (κ1) is 28.9. The molecule has 0 saturated carbocycles. The van der Waals surface area contributed by atoms with E-state index in [2.05, 4.69) is 32.6 Å². The number of ketones is 1. The number of ether oxygens (including phenoxy) is 2. The predicted octanol–water partition coefficient (Wildman–Crippen LogP) is 7.03. The monoisotopic (exact) mass is 545 g/mol. The molecule has 0 amide bonds. The number of carbonyl (C=O) groups is 1. The third kappa shape index (κ3) is 7.52. The van der Waals surface area contributed by atoms with Gasteiger partial charge in [0.25, 0.3) is 5.69 Å². The Balaban J connectivity index is 1.52. The minimum absolute atomic E-state index is 0.0409. The van der Waals surface area contributed by atoms with Crippen LogP contribution in [0.1, 0.15) is 56.5 Å². The summed E-state index contributed by atoms with van der Waals surface area (Å²) in [5.41, 5.74) is 1.56. The van der Waals surface area contributed by atoms with Gasteiger partial charge in [0.2, 0.25) is 0 Å². The molecule has 1 aliphatic heterocycles. The number of nitro groups is 1. The number of non-ortho nitro benzene ring substituents is 1. The van der Waals surface area contributed by atoms with E-state index in [9.17, 15) is 14.9 Å². The van der Waals surface area contributed by atoms with Gasteiger partial charge in [-0.3, -0.25) is 14.9 Å². The highest BCUT2D eigenvalue weighted by Crippen LogP contribution is 2.38. The first-order valence-electron chi connectivity index (χ1n) is 14.0. The van der Waals surface area contributed by atoms with Gasteiger partial charge in [-0.2, -0.15) is 0 Å². The van der Waals surface area contributed by atoms with E-state index >= 15 is 0 Å². The van der Waals surface area contributed by atoms with Crippen LogP contribution in [0.15, 0.2) is 67.0 Å². The Hall–Kier alpha value is -4.07. The number of rotatable bonds is 14. The van der Waals surface area contributed by atoms with E-state index in [1.54, 1.807) is 12.1 Å². The molecular formula is C32H39N3O5. The number of hydrogen-bond acceptors (Lipinski definition) is 7. The zero-order chi connectivity index (χ0) is 28.6. The molecule has 0 saturated heterocycles. The maximum Gasteiger partial charge on any atom is 0.269 e. The SMILES string of the molecule is CC(C)CCOc1cc(C(=O)CN2C=CN(Cc3ccc([N+](=O)[O-])cc3)C2)c(OCCC(C)C)c2ccccc12. The molecule has 3 aromatic rings. The molecule has 0 N–H and O–H groups in total. The van der Waals surface area contributed by atoms with Crippen molar-refractivity contribution in [1.82, 2.24) is 9.80 Å². The smallest absolute Gasteiger partial charge is 0.269 e. The molecule has 0 aromatic heterocycles.